The van der Waals surface area contributed by atoms with Crippen molar-refractivity contribution in [1.82, 2.24) is 0 Å². The molecular formula is C9H11BBrF2NO3W. The number of nitrogens with zero attached hydrogens (tertiary/aromatic N) is 1. The first-order chi connectivity index (χ1) is 8.49. The van der Waals surface area contributed by atoms with Crippen LogP contribution in [-0.2, 0) is 19.6 Å². The van der Waals surface area contributed by atoms with Gasteiger partial charge in [-0.05, 0) is 18.6 Å². The predicted octanol–water partition coefficient (Wildman–Crippen LogP) is 1.66. The molecule has 9 heteroatoms. The summed E-state index contributed by atoms with van der Waals surface area (Å²) in [6, 6.07) is 2.96. The van der Waals surface area contributed by atoms with Gasteiger partial charge >= 0.3 is 34.9 Å². The van der Waals surface area contributed by atoms with E-state index in [0.717, 1.165) is 6.42 Å². The van der Waals surface area contributed by atoms with Crippen LogP contribution in [0.2, 0.25) is 0 Å². The topological polar surface area (TPSA) is 62.0 Å². The fourth-order valence-electron chi connectivity index (χ4n) is 1.11. The van der Waals surface area contributed by atoms with Crippen LogP contribution in [0.25, 0.3) is 0 Å². The van der Waals surface area contributed by atoms with Crippen LogP contribution in [0.15, 0.2) is 20.3 Å². The van der Waals surface area contributed by atoms with Gasteiger partial charge in [0.1, 0.15) is 0 Å². The summed E-state index contributed by atoms with van der Waals surface area (Å²) in [5.74, 6) is -0.712. The summed E-state index contributed by atoms with van der Waals surface area (Å²) in [6.45, 7) is 2.29. The first-order valence-corrected chi connectivity index (χ1v) is 7.00. The third-order valence-corrected chi connectivity index (χ3v) is 2.50. The molecule has 0 aliphatic carbocycles. The van der Waals surface area contributed by atoms with Gasteiger partial charge in [-0.2, -0.15) is 0 Å². The standard InChI is InChI=1S/C9H11BBrFO3.FN.W/c1-2-5-15-7-4-3-6(11)8(9(7)12)10(13)14;1-2;/h3-4,13-14H,2,5H2,1H3;;. The molecule has 2 N–H and O–H groups in total. The molecule has 0 heterocycles. The van der Waals surface area contributed by atoms with Crippen LogP contribution in [-0.4, -0.2) is 23.8 Å². The Balaban J connectivity index is 0.000000873. The fourth-order valence-corrected chi connectivity index (χ4v) is 1.62. The fraction of sp³-hybridized carbons (Fsp3) is 0.333. The Labute approximate surface area is 123 Å². The van der Waals surface area contributed by atoms with Gasteiger partial charge in [-0.3, -0.25) is 0 Å². The van der Waals surface area contributed by atoms with Gasteiger partial charge in [0.25, 0.3) is 0 Å². The van der Waals surface area contributed by atoms with Crippen molar-refractivity contribution in [2.75, 3.05) is 6.61 Å². The first kappa shape index (κ1) is 17.8. The molecule has 0 spiro atoms. The molecular weight excluding hydrogens is 483 g/mol. The summed E-state index contributed by atoms with van der Waals surface area (Å²) in [4.78, 5) is 0. The second kappa shape index (κ2) is 9.72. The molecule has 1 aromatic carbocycles. The second-order valence-electron chi connectivity index (χ2n) is 3.06. The zero-order chi connectivity index (χ0) is 14.1. The van der Waals surface area contributed by atoms with E-state index in [1.54, 1.807) is 0 Å². The molecule has 1 rings (SSSR count). The van der Waals surface area contributed by atoms with E-state index in [9.17, 15) is 8.87 Å². The molecule has 0 amide bonds. The van der Waals surface area contributed by atoms with Crippen LogP contribution < -0.4 is 10.2 Å². The minimum atomic E-state index is -1.86. The average Bonchev–Trinajstić information content (AvgIpc) is 2.29. The normalized spacial score (nSPS) is 9.22. The molecule has 0 aromatic heterocycles. The van der Waals surface area contributed by atoms with Crippen LogP contribution in [0.4, 0.5) is 8.87 Å². The van der Waals surface area contributed by atoms with E-state index < -0.39 is 12.9 Å². The van der Waals surface area contributed by atoms with Crippen molar-refractivity contribution < 1.29 is 43.3 Å². The van der Waals surface area contributed by atoms with Crippen LogP contribution in [0.3, 0.4) is 0 Å². The molecule has 0 unspecified atom stereocenters. The summed E-state index contributed by atoms with van der Waals surface area (Å²) in [7, 11) is -1.86. The van der Waals surface area contributed by atoms with Gasteiger partial charge < -0.3 is 14.8 Å². The molecule has 100 valence electrons. The molecule has 0 aliphatic heterocycles. The molecule has 0 saturated heterocycles. The Morgan fingerprint density at radius 1 is 1.50 bits per heavy atom. The molecule has 0 fully saturated rings. The van der Waals surface area contributed by atoms with Crippen LogP contribution in [0.1, 0.15) is 13.3 Å². The molecule has 18 heavy (non-hydrogen) atoms. The predicted molar refractivity (Wildman–Crippen MR) is 63.2 cm³/mol. The molecule has 4 nitrogen and oxygen atoms in total. The van der Waals surface area contributed by atoms with Gasteiger partial charge in [0, 0.05) is 9.94 Å². The van der Waals surface area contributed by atoms with Crippen molar-refractivity contribution in [2.24, 2.45) is 3.72 Å². The van der Waals surface area contributed by atoms with Crippen LogP contribution in [0, 0.1) is 5.82 Å². The Kier molecular flexibility index (Phi) is 9.63. The number of rotatable bonds is 4. The van der Waals surface area contributed by atoms with E-state index >= 15 is 0 Å². The van der Waals surface area contributed by atoms with E-state index in [1.807, 2.05) is 6.92 Å². The summed E-state index contributed by atoms with van der Waals surface area (Å²) in [5.41, 5.74) is -0.205. The van der Waals surface area contributed by atoms with E-state index in [-0.39, 0.29) is 11.2 Å². The molecule has 0 atom stereocenters. The second-order valence-corrected chi connectivity index (χ2v) is 4.41. The van der Waals surface area contributed by atoms with Crippen LogP contribution >= 0.6 is 15.9 Å². The third-order valence-electron chi connectivity index (χ3n) is 1.81. The van der Waals surface area contributed by atoms with E-state index in [2.05, 4.69) is 19.6 Å². The van der Waals surface area contributed by atoms with Crippen molar-refractivity contribution in [3.8, 4) is 5.75 Å². The zero-order valence-electron chi connectivity index (χ0n) is 9.44. The van der Waals surface area contributed by atoms with Crippen molar-refractivity contribution in [3.05, 3.63) is 22.4 Å². The average molecular weight is 494 g/mol. The van der Waals surface area contributed by atoms with Gasteiger partial charge in [-0.1, -0.05) is 22.9 Å². The molecule has 1 aromatic rings. The summed E-state index contributed by atoms with van der Waals surface area (Å²) in [6.07, 6.45) is 0.756. The number of benzene rings is 1. The number of hydrogen-bond acceptors (Lipinski definition) is 4. The van der Waals surface area contributed by atoms with Crippen molar-refractivity contribution in [1.29, 1.82) is 0 Å². The van der Waals surface area contributed by atoms with E-state index in [4.69, 9.17) is 14.8 Å². The van der Waals surface area contributed by atoms with Gasteiger partial charge in [-0.25, -0.2) is 4.39 Å². The summed E-state index contributed by atoms with van der Waals surface area (Å²) in [5, 5.41) is 17.9. The van der Waals surface area contributed by atoms with Gasteiger partial charge in [0.05, 0.1) is 6.61 Å². The molecule has 0 radical (unpaired) electrons. The Morgan fingerprint density at radius 2 is 2.06 bits per heavy atom. The van der Waals surface area contributed by atoms with Crippen LogP contribution in [0.5, 0.6) is 5.75 Å². The maximum absolute atomic E-state index is 13.6. The zero-order valence-corrected chi connectivity index (χ0v) is 14.0. The number of ether oxygens (including phenoxy) is 1. The van der Waals surface area contributed by atoms with Crippen molar-refractivity contribution in [3.63, 3.8) is 0 Å². The van der Waals surface area contributed by atoms with Crippen molar-refractivity contribution in [2.45, 2.75) is 13.3 Å². The molecule has 0 saturated carbocycles. The quantitative estimate of drug-likeness (QED) is 0.627. The monoisotopic (exact) mass is 493 g/mol. The van der Waals surface area contributed by atoms with Gasteiger partial charge in [-0.15, -0.1) is 0 Å². The maximum atomic E-state index is 13.6. The number of hydrogen-bond donors (Lipinski definition) is 2. The molecule has 0 bridgehead atoms. The number of halogens is 3. The van der Waals surface area contributed by atoms with E-state index in [0.29, 0.717) is 30.7 Å². The van der Waals surface area contributed by atoms with Gasteiger partial charge in [0.15, 0.2) is 11.6 Å². The van der Waals surface area contributed by atoms with E-state index in [1.165, 1.54) is 12.1 Å². The molecule has 0 aliphatic rings. The minimum absolute atomic E-state index is 0.0307. The Morgan fingerprint density at radius 3 is 2.50 bits per heavy atom. The summed E-state index contributed by atoms with van der Waals surface area (Å²) < 4.78 is 31.1. The van der Waals surface area contributed by atoms with Crippen molar-refractivity contribution >= 4 is 28.5 Å². The first-order valence-electron chi connectivity index (χ1n) is 4.90. The Bertz CT molecular complexity index is 398. The van der Waals surface area contributed by atoms with Gasteiger partial charge in [0.2, 0.25) is 0 Å². The third kappa shape index (κ3) is 5.65. The Hall–Kier alpha value is -0.167. The summed E-state index contributed by atoms with van der Waals surface area (Å²) >= 11 is 3.66. The SMILES string of the molecule is CCCOc1ccc(Br)c(B(O)O)c1F.F[N]=[W].